The van der Waals surface area contributed by atoms with Gasteiger partial charge in [0.25, 0.3) is 5.91 Å². The van der Waals surface area contributed by atoms with Gasteiger partial charge in [0, 0.05) is 25.2 Å². The van der Waals surface area contributed by atoms with Gasteiger partial charge in [-0.2, -0.15) is 8.78 Å². The zero-order valence-electron chi connectivity index (χ0n) is 11.3. The average Bonchev–Trinajstić information content (AvgIpc) is 2.35. The van der Waals surface area contributed by atoms with Gasteiger partial charge in [-0.05, 0) is 24.6 Å². The van der Waals surface area contributed by atoms with Crippen LogP contribution in [0.1, 0.15) is 23.7 Å². The summed E-state index contributed by atoms with van der Waals surface area (Å²) in [6.45, 7) is 1.33. The first-order valence-electron chi connectivity index (χ1n) is 6.68. The first kappa shape index (κ1) is 14.7. The van der Waals surface area contributed by atoms with Crippen molar-refractivity contribution < 1.29 is 18.3 Å². The number of alkyl halides is 2. The molecular weight excluding hydrogens is 266 g/mol. The maximum Gasteiger partial charge on any atom is 0.387 e. The molecule has 0 atom stereocenters. The monoisotopic (exact) mass is 284 g/mol. The highest BCUT2D eigenvalue weighted by atomic mass is 19.3. The molecule has 20 heavy (non-hydrogen) atoms. The van der Waals surface area contributed by atoms with Crippen molar-refractivity contribution in [2.45, 2.75) is 26.0 Å². The maximum absolute atomic E-state index is 12.5. The smallest absolute Gasteiger partial charge is 0.387 e. The normalized spacial score (nSPS) is 15.0. The molecule has 1 N–H and O–H groups in total. The van der Waals surface area contributed by atoms with Crippen molar-refractivity contribution in [3.8, 4) is 5.75 Å². The molecule has 0 saturated carbocycles. The third-order valence-electron chi connectivity index (χ3n) is 3.23. The third-order valence-corrected chi connectivity index (χ3v) is 3.23. The Hall–Kier alpha value is -1.69. The fourth-order valence-electron chi connectivity index (χ4n) is 2.16. The summed E-state index contributed by atoms with van der Waals surface area (Å²) in [5.41, 5.74) is 0.378. The van der Waals surface area contributed by atoms with Gasteiger partial charge in [0.1, 0.15) is 5.75 Å². The van der Waals surface area contributed by atoms with Crippen molar-refractivity contribution in [3.63, 3.8) is 0 Å². The third kappa shape index (κ3) is 3.45. The molecule has 110 valence electrons. The highest BCUT2D eigenvalue weighted by molar-refractivity contribution is 5.95. The predicted molar refractivity (Wildman–Crippen MR) is 71.1 cm³/mol. The van der Waals surface area contributed by atoms with Gasteiger partial charge in [-0.3, -0.25) is 4.79 Å². The lowest BCUT2D eigenvalue weighted by Crippen LogP contribution is -2.59. The van der Waals surface area contributed by atoms with Crippen molar-refractivity contribution in [2.24, 2.45) is 0 Å². The summed E-state index contributed by atoms with van der Waals surface area (Å²) < 4.78 is 28.7. The van der Waals surface area contributed by atoms with E-state index in [9.17, 15) is 13.6 Å². The van der Waals surface area contributed by atoms with Gasteiger partial charge < -0.3 is 15.0 Å². The number of nitrogens with one attached hydrogen (secondary N) is 1. The molecule has 4 nitrogen and oxygen atoms in total. The van der Waals surface area contributed by atoms with E-state index < -0.39 is 6.61 Å². The second kappa shape index (κ2) is 6.65. The molecule has 2 rings (SSSR count). The van der Waals surface area contributed by atoms with E-state index in [1.165, 1.54) is 12.1 Å². The largest absolute Gasteiger partial charge is 0.435 e. The van der Waals surface area contributed by atoms with Crippen molar-refractivity contribution in [1.29, 1.82) is 0 Å². The highest BCUT2D eigenvalue weighted by Crippen LogP contribution is 2.19. The van der Waals surface area contributed by atoms with Gasteiger partial charge in [0.15, 0.2) is 0 Å². The van der Waals surface area contributed by atoms with E-state index in [0.29, 0.717) is 12.1 Å². The fourth-order valence-corrected chi connectivity index (χ4v) is 2.16. The Bertz CT molecular complexity index is 464. The molecule has 0 aliphatic carbocycles. The van der Waals surface area contributed by atoms with Crippen molar-refractivity contribution in [2.75, 3.05) is 19.6 Å². The van der Waals surface area contributed by atoms with Crippen LogP contribution in [-0.2, 0) is 0 Å². The molecule has 0 radical (unpaired) electrons. The minimum Gasteiger partial charge on any atom is -0.435 e. The summed E-state index contributed by atoms with van der Waals surface area (Å²) in [5.74, 6) is -0.132. The average molecular weight is 284 g/mol. The van der Waals surface area contributed by atoms with E-state index >= 15 is 0 Å². The number of amides is 1. The van der Waals surface area contributed by atoms with E-state index in [0.717, 1.165) is 19.5 Å². The first-order chi connectivity index (χ1) is 9.61. The van der Waals surface area contributed by atoms with Gasteiger partial charge in [-0.15, -0.1) is 0 Å². The molecule has 0 spiro atoms. The SMILES string of the molecule is CCCN(C(=O)c1cccc(OC(F)F)c1)C1CNC1. The van der Waals surface area contributed by atoms with Gasteiger partial charge in [0.05, 0.1) is 6.04 Å². The molecule has 1 aliphatic rings. The lowest BCUT2D eigenvalue weighted by atomic mass is 10.1. The molecule has 1 aromatic rings. The van der Waals surface area contributed by atoms with E-state index in [2.05, 4.69) is 10.1 Å². The summed E-state index contributed by atoms with van der Waals surface area (Å²) in [6, 6.07) is 6.13. The molecule has 1 saturated heterocycles. The molecule has 6 heteroatoms. The van der Waals surface area contributed by atoms with Crippen LogP contribution in [0.25, 0.3) is 0 Å². The van der Waals surface area contributed by atoms with Crippen LogP contribution < -0.4 is 10.1 Å². The molecule has 1 fully saturated rings. The minimum atomic E-state index is -2.89. The van der Waals surface area contributed by atoms with E-state index in [4.69, 9.17) is 0 Å². The van der Waals surface area contributed by atoms with Crippen LogP contribution in [0.4, 0.5) is 8.78 Å². The number of carbonyl (C=O) groups excluding carboxylic acids is 1. The molecule has 0 aromatic heterocycles. The zero-order valence-corrected chi connectivity index (χ0v) is 11.3. The number of rotatable bonds is 6. The second-order valence-electron chi connectivity index (χ2n) is 4.72. The van der Waals surface area contributed by atoms with E-state index in [1.54, 1.807) is 17.0 Å². The van der Waals surface area contributed by atoms with Gasteiger partial charge in [-0.1, -0.05) is 13.0 Å². The minimum absolute atomic E-state index is 0.00836. The Labute approximate surface area is 116 Å². The van der Waals surface area contributed by atoms with Crippen molar-refractivity contribution >= 4 is 5.91 Å². The molecule has 1 heterocycles. The fraction of sp³-hybridized carbons (Fsp3) is 0.500. The van der Waals surface area contributed by atoms with Crippen LogP contribution in [0.3, 0.4) is 0 Å². The standard InChI is InChI=1S/C14H18F2N2O2/c1-2-6-18(11-8-17-9-11)13(19)10-4-3-5-12(7-10)20-14(15)16/h3-5,7,11,14,17H,2,6,8-9H2,1H3. The van der Waals surface area contributed by atoms with Crippen LogP contribution in [0.15, 0.2) is 24.3 Å². The van der Waals surface area contributed by atoms with Crippen LogP contribution in [-0.4, -0.2) is 43.1 Å². The predicted octanol–water partition coefficient (Wildman–Crippen LogP) is 2.11. The highest BCUT2D eigenvalue weighted by Gasteiger charge is 2.28. The number of ether oxygens (including phenoxy) is 1. The van der Waals surface area contributed by atoms with Crippen LogP contribution in [0.2, 0.25) is 0 Å². The first-order valence-corrected chi connectivity index (χ1v) is 6.68. The summed E-state index contributed by atoms with van der Waals surface area (Å²) in [5, 5.41) is 3.13. The Morgan fingerprint density at radius 3 is 2.80 bits per heavy atom. The molecule has 1 aromatic carbocycles. The topological polar surface area (TPSA) is 41.6 Å². The molecule has 1 aliphatic heterocycles. The molecule has 0 unspecified atom stereocenters. The zero-order chi connectivity index (χ0) is 14.5. The summed E-state index contributed by atoms with van der Waals surface area (Å²) in [4.78, 5) is 14.3. The van der Waals surface area contributed by atoms with Gasteiger partial charge >= 0.3 is 6.61 Å². The lowest BCUT2D eigenvalue weighted by Gasteiger charge is -2.38. The van der Waals surface area contributed by atoms with Crippen molar-refractivity contribution in [1.82, 2.24) is 10.2 Å². The van der Waals surface area contributed by atoms with Crippen molar-refractivity contribution in [3.05, 3.63) is 29.8 Å². The Balaban J connectivity index is 2.13. The summed E-state index contributed by atoms with van der Waals surface area (Å²) in [6.07, 6.45) is 0.857. The van der Waals surface area contributed by atoms with Crippen LogP contribution in [0, 0.1) is 0 Å². The van der Waals surface area contributed by atoms with E-state index in [1.807, 2.05) is 6.92 Å². The number of carbonyl (C=O) groups is 1. The Kier molecular flexibility index (Phi) is 4.89. The number of hydrogen-bond acceptors (Lipinski definition) is 3. The second-order valence-corrected chi connectivity index (χ2v) is 4.72. The van der Waals surface area contributed by atoms with Gasteiger partial charge in [-0.25, -0.2) is 0 Å². The quantitative estimate of drug-likeness (QED) is 0.870. The number of halogens is 2. The van der Waals surface area contributed by atoms with Crippen LogP contribution >= 0.6 is 0 Å². The molecule has 0 bridgehead atoms. The lowest BCUT2D eigenvalue weighted by molar-refractivity contribution is -0.0499. The Morgan fingerprint density at radius 1 is 1.50 bits per heavy atom. The number of hydrogen-bond donors (Lipinski definition) is 1. The van der Waals surface area contributed by atoms with E-state index in [-0.39, 0.29) is 17.7 Å². The Morgan fingerprint density at radius 2 is 2.25 bits per heavy atom. The number of benzene rings is 1. The summed E-state index contributed by atoms with van der Waals surface area (Å²) in [7, 11) is 0. The number of nitrogens with zero attached hydrogens (tertiary/aromatic N) is 1. The van der Waals surface area contributed by atoms with Crippen LogP contribution in [0.5, 0.6) is 5.75 Å². The van der Waals surface area contributed by atoms with Gasteiger partial charge in [0.2, 0.25) is 0 Å². The molecular formula is C14H18F2N2O2. The summed E-state index contributed by atoms with van der Waals surface area (Å²) >= 11 is 0. The maximum atomic E-state index is 12.5. The molecule has 1 amide bonds.